The molecule has 0 amide bonds. The van der Waals surface area contributed by atoms with Crippen LogP contribution in [0.5, 0.6) is 0 Å². The standard InChI is InChI=1S/C48H32N8O19S6/c57-56(34-20-16-30(44(24-34)79(67,68)69)12-11-29-15-19-33(23-43(29)78(64,65)66)55-51-40-26-46(81(73,74)75)36-6-2-4-8-38(36)48(40)53-55)49-31-17-13-27(41(21-31)76(58,59)60)9-10-28-14-18-32(22-42(28)77(61,62)63)54-50-39-25-45(80(70,71)72)35-5-1-3-7-37(35)47(39)52-54/h1-26H,(H,58,59,60)(H,61,62,63)(H,64,65,66)(H,67,68,69)(H,70,71,72)(H,73,74,75)/b10-9+,12-11+,56-49?. The van der Waals surface area contributed by atoms with Gasteiger partial charge in [0, 0.05) is 38.8 Å². The van der Waals surface area contributed by atoms with Crippen LogP contribution in [0.1, 0.15) is 22.3 Å². The summed E-state index contributed by atoms with van der Waals surface area (Å²) in [7, 11) is -30.0. The summed E-state index contributed by atoms with van der Waals surface area (Å²) < 4.78 is 211. The van der Waals surface area contributed by atoms with E-state index in [9.17, 15) is 83.0 Å². The number of fused-ring (bicyclic) bond motifs is 6. The average molecular weight is 1220 g/mol. The summed E-state index contributed by atoms with van der Waals surface area (Å²) in [6, 6.07) is 26.6. The molecule has 0 atom stereocenters. The number of azo groups is 1. The van der Waals surface area contributed by atoms with Crippen molar-refractivity contribution in [1.29, 1.82) is 0 Å². The monoisotopic (exact) mass is 1220 g/mol. The Balaban J connectivity index is 0.938. The lowest BCUT2D eigenvalue weighted by molar-refractivity contribution is -0.435. The van der Waals surface area contributed by atoms with Gasteiger partial charge in [0.25, 0.3) is 60.7 Å². The predicted octanol–water partition coefficient (Wildman–Crippen LogP) is 7.21. The molecule has 10 aromatic rings. The Morgan fingerprint density at radius 2 is 0.716 bits per heavy atom. The molecule has 0 aliphatic heterocycles. The number of nitrogens with zero attached hydrogens (tertiary/aromatic N) is 8. The molecule has 27 nitrogen and oxygen atoms in total. The highest BCUT2D eigenvalue weighted by Crippen LogP contribution is 2.34. The number of aromatic nitrogens is 6. The van der Waals surface area contributed by atoms with E-state index in [1.807, 2.05) is 0 Å². The number of hydrogen-bond acceptors (Lipinski definition) is 18. The van der Waals surface area contributed by atoms with Gasteiger partial charge in [0.2, 0.25) is 5.69 Å². The second-order valence-corrected chi connectivity index (χ2v) is 25.7. The zero-order valence-corrected chi connectivity index (χ0v) is 44.9. The van der Waals surface area contributed by atoms with Crippen molar-refractivity contribution in [2.45, 2.75) is 29.4 Å². The van der Waals surface area contributed by atoms with Gasteiger partial charge < -0.3 is 5.21 Å². The van der Waals surface area contributed by atoms with Crippen LogP contribution in [0.4, 0.5) is 11.4 Å². The first-order valence-electron chi connectivity index (χ1n) is 22.4. The van der Waals surface area contributed by atoms with Crippen LogP contribution in [0.2, 0.25) is 0 Å². The molecule has 0 aliphatic carbocycles. The fourth-order valence-electron chi connectivity index (χ4n) is 8.57. The Hall–Kier alpha value is -8.58. The molecular weight excluding hydrogens is 1180 g/mol. The first-order chi connectivity index (χ1) is 37.8. The Kier molecular flexibility index (Phi) is 13.7. The van der Waals surface area contributed by atoms with Crippen LogP contribution in [0.25, 0.3) is 79.3 Å². The van der Waals surface area contributed by atoms with Gasteiger partial charge >= 0.3 is 0 Å². The van der Waals surface area contributed by atoms with E-state index in [0.29, 0.717) is 6.07 Å². The van der Waals surface area contributed by atoms with Crippen LogP contribution >= 0.6 is 0 Å². The topological polar surface area (TPSA) is 426 Å². The van der Waals surface area contributed by atoms with E-state index in [2.05, 4.69) is 25.5 Å². The minimum absolute atomic E-state index is 0.0141. The third kappa shape index (κ3) is 11.2. The van der Waals surface area contributed by atoms with Crippen LogP contribution < -0.4 is 0 Å². The van der Waals surface area contributed by atoms with E-state index in [1.165, 1.54) is 60.7 Å². The van der Waals surface area contributed by atoms with Crippen LogP contribution in [0.15, 0.2) is 168 Å². The molecule has 0 fully saturated rings. The Bertz CT molecular complexity index is 5200. The minimum atomic E-state index is -5.20. The van der Waals surface area contributed by atoms with Gasteiger partial charge in [-0.2, -0.15) is 60.1 Å². The van der Waals surface area contributed by atoms with E-state index in [0.717, 1.165) is 88.5 Å². The maximum atomic E-state index is 13.4. The second-order valence-electron chi connectivity index (χ2n) is 17.3. The summed E-state index contributed by atoms with van der Waals surface area (Å²) in [5.41, 5.74) is -2.01. The van der Waals surface area contributed by atoms with Crippen molar-refractivity contribution < 1.29 is 82.7 Å². The molecule has 33 heteroatoms. The van der Waals surface area contributed by atoms with Crippen molar-refractivity contribution in [2.24, 2.45) is 5.11 Å². The highest BCUT2D eigenvalue weighted by molar-refractivity contribution is 7.87. The van der Waals surface area contributed by atoms with Crippen LogP contribution in [-0.2, 0) is 60.7 Å². The van der Waals surface area contributed by atoms with Crippen molar-refractivity contribution in [2.75, 3.05) is 0 Å². The molecule has 0 radical (unpaired) electrons. The fraction of sp³-hybridized carbons (Fsp3) is 0. The lowest BCUT2D eigenvalue weighted by atomic mass is 10.1. The van der Waals surface area contributed by atoms with Crippen molar-refractivity contribution in [3.8, 4) is 11.4 Å². The van der Waals surface area contributed by atoms with Crippen molar-refractivity contribution in [3.63, 3.8) is 0 Å². The fourth-order valence-corrected chi connectivity index (χ4v) is 12.8. The lowest BCUT2D eigenvalue weighted by Crippen LogP contribution is -2.05. The molecule has 0 saturated carbocycles. The van der Waals surface area contributed by atoms with Crippen LogP contribution in [-0.4, -0.2) is 113 Å². The summed E-state index contributed by atoms with van der Waals surface area (Å²) in [5, 5.41) is 35.1. The summed E-state index contributed by atoms with van der Waals surface area (Å²) in [5.74, 6) is 0. The molecular formula is C48H32N8O19S6. The molecule has 6 N–H and O–H groups in total. The van der Waals surface area contributed by atoms with Gasteiger partial charge in [0.05, 0.1) is 11.4 Å². The van der Waals surface area contributed by atoms with Gasteiger partial charge in [-0.25, -0.2) is 0 Å². The first-order valence-corrected chi connectivity index (χ1v) is 31.0. The summed E-state index contributed by atoms with van der Waals surface area (Å²) in [6.07, 6.45) is 4.12. The van der Waals surface area contributed by atoms with E-state index in [1.54, 1.807) is 12.1 Å². The summed E-state index contributed by atoms with van der Waals surface area (Å²) in [4.78, 5) is -2.54. The van der Waals surface area contributed by atoms with Gasteiger partial charge in [0.15, 0.2) is 0 Å². The minimum Gasteiger partial charge on any atom is -0.594 e. The quantitative estimate of drug-likeness (QED) is 0.0206. The largest absolute Gasteiger partial charge is 0.594 e. The van der Waals surface area contributed by atoms with Gasteiger partial charge in [-0.05, 0) is 76.9 Å². The second kappa shape index (κ2) is 19.9. The molecule has 2 heterocycles. The molecule has 0 aliphatic rings. The maximum absolute atomic E-state index is 13.4. The Labute approximate surface area is 456 Å². The molecule has 10 rings (SSSR count). The van der Waals surface area contributed by atoms with Gasteiger partial charge in [-0.15, -0.1) is 20.4 Å². The molecule has 0 saturated heterocycles. The van der Waals surface area contributed by atoms with E-state index < -0.39 is 101 Å². The highest BCUT2D eigenvalue weighted by Gasteiger charge is 2.25. The Morgan fingerprint density at radius 1 is 0.383 bits per heavy atom. The van der Waals surface area contributed by atoms with Gasteiger partial charge in [0.1, 0.15) is 57.1 Å². The molecule has 81 heavy (non-hydrogen) atoms. The molecule has 0 bridgehead atoms. The Morgan fingerprint density at radius 3 is 1.10 bits per heavy atom. The zero-order valence-electron chi connectivity index (χ0n) is 40.0. The molecule has 8 aromatic carbocycles. The highest BCUT2D eigenvalue weighted by atomic mass is 32.2. The van der Waals surface area contributed by atoms with Gasteiger partial charge in [-0.1, -0.05) is 95.9 Å². The SMILES string of the molecule is O=S(=O)(O)c1cc(N=[N+]([O-])c2ccc(/C=C/c3ccc(-n4nc5cc(S(=O)(=O)O)c6ccccc6c5n4)cc3S(=O)(=O)O)c(S(=O)(=O)O)c2)ccc1/C=C/c1ccc(-n2nc3cc(S(=O)(=O)O)c4ccccc4c3n2)cc1S(=O)(=O)O. The van der Waals surface area contributed by atoms with Crippen LogP contribution in [0.3, 0.4) is 0 Å². The van der Waals surface area contributed by atoms with Crippen molar-refractivity contribution >= 4 is 140 Å². The maximum Gasteiger partial charge on any atom is 0.295 e. The lowest BCUT2D eigenvalue weighted by Gasteiger charge is -2.08. The predicted molar refractivity (Wildman–Crippen MR) is 288 cm³/mol. The van der Waals surface area contributed by atoms with Crippen molar-refractivity contribution in [3.05, 3.63) is 161 Å². The molecule has 414 valence electrons. The smallest absolute Gasteiger partial charge is 0.295 e. The normalized spacial score (nSPS) is 13.4. The van der Waals surface area contributed by atoms with Crippen LogP contribution in [0, 0.1) is 5.21 Å². The number of rotatable bonds is 14. The summed E-state index contributed by atoms with van der Waals surface area (Å²) >= 11 is 0. The number of benzene rings is 8. The average Bonchev–Trinajstić information content (AvgIpc) is 4.16. The van der Waals surface area contributed by atoms with Crippen molar-refractivity contribution in [1.82, 2.24) is 30.0 Å². The third-order valence-electron chi connectivity index (χ3n) is 12.1. The van der Waals surface area contributed by atoms with E-state index in [4.69, 9.17) is 0 Å². The van der Waals surface area contributed by atoms with Gasteiger partial charge in [-0.3, -0.25) is 27.3 Å². The molecule has 0 unspecified atom stereocenters. The number of hydrogen-bond donors (Lipinski definition) is 6. The van der Waals surface area contributed by atoms with E-state index in [-0.39, 0.29) is 82.1 Å². The molecule has 2 aromatic heterocycles. The van der Waals surface area contributed by atoms with E-state index >= 15 is 0 Å². The summed E-state index contributed by atoms with van der Waals surface area (Å²) in [6.45, 7) is 0. The first kappa shape index (κ1) is 55.7. The third-order valence-corrected chi connectivity index (χ3v) is 17.6. The molecule has 0 spiro atoms. The zero-order chi connectivity index (χ0) is 58.4.